The minimum Gasteiger partial charge on any atom is 0 e. The summed E-state index contributed by atoms with van der Waals surface area (Å²) < 4.78 is 0. The van der Waals surface area contributed by atoms with Crippen LogP contribution in [0.2, 0.25) is 0 Å². The van der Waals surface area contributed by atoms with E-state index < -0.39 is 0 Å². The molecule has 0 saturated heterocycles. The molecule has 0 amide bonds. The molecule has 0 aliphatic heterocycles. The molecule has 30 valence electrons. The van der Waals surface area contributed by atoms with Crippen LogP contribution < -0.4 is 0 Å². The van der Waals surface area contributed by atoms with Gasteiger partial charge < -0.3 is 0 Å². The Morgan fingerprint density at radius 1 is 0.333 bits per heavy atom. The van der Waals surface area contributed by atoms with Crippen LogP contribution in [-0.2, 0) is 0 Å². The second kappa shape index (κ2) is 140. The Morgan fingerprint density at radius 3 is 0.333 bits per heavy atom. The molecule has 0 fully saturated rings. The summed E-state index contributed by atoms with van der Waals surface area (Å²) in [6.07, 6.45) is 0. The fraction of sp³-hybridized carbons (Fsp3) is 0. The highest BCUT2D eigenvalue weighted by molar-refractivity contribution is 7.59. The second-order valence-electron chi connectivity index (χ2n) is 0. The number of rotatable bonds is 0. The molecule has 18 radical (unpaired) electrons. The van der Waals surface area contributed by atoms with Crippen LogP contribution >= 0.6 is 40.5 Å². The van der Waals surface area contributed by atoms with Crippen molar-refractivity contribution in [2.24, 2.45) is 0 Å². The summed E-state index contributed by atoms with van der Waals surface area (Å²) in [4.78, 5) is 0. The van der Waals surface area contributed by atoms with Crippen LogP contribution in [-0.4, -0.2) is 0 Å². The lowest BCUT2D eigenvalue weighted by Crippen LogP contribution is 0.0803. The first-order chi connectivity index (χ1) is 0. The zero-order chi connectivity index (χ0) is 0. The van der Waals surface area contributed by atoms with Crippen LogP contribution in [0.5, 0.6) is 0 Å². The van der Waals surface area contributed by atoms with Crippen molar-refractivity contribution >= 4 is 40.5 Å². The third-order valence-electron chi connectivity index (χ3n) is 0. The van der Waals surface area contributed by atoms with Crippen LogP contribution in [0.25, 0.3) is 0 Å². The lowest BCUT2D eigenvalue weighted by molar-refractivity contribution is 3.24. The van der Waals surface area contributed by atoms with Gasteiger partial charge in [0.05, 0.1) is 0 Å². The van der Waals surface area contributed by atoms with Gasteiger partial charge in [0, 0.05) is 62.8 Å². The summed E-state index contributed by atoms with van der Waals surface area (Å²) in [5.41, 5.74) is 0. The van der Waals surface area contributed by atoms with Crippen molar-refractivity contribution in [2.75, 3.05) is 0 Å². The first-order valence-corrected chi connectivity index (χ1v) is 0. The van der Waals surface area contributed by atoms with Gasteiger partial charge in [-0.25, -0.2) is 0 Å². The number of hydrogen-bond donors (Lipinski definition) is 0. The molecule has 0 aliphatic rings. The Balaban J connectivity index is 0. The molecule has 0 unspecified atom stereocenters. The van der Waals surface area contributed by atoms with Gasteiger partial charge in [0.25, 0.3) is 0 Å². The highest BCUT2D eigenvalue weighted by atomic mass is 32.1. The monoisotopic (exact) mass is 132 g/mol. The Morgan fingerprint density at radius 2 is 0.333 bits per heavy atom. The van der Waals surface area contributed by atoms with Crippen LogP contribution in [0.15, 0.2) is 0 Å². The van der Waals surface area contributed by atoms with Gasteiger partial charge in [-0.1, -0.05) is 0 Å². The van der Waals surface area contributed by atoms with Gasteiger partial charge >= 0.3 is 0 Å². The predicted molar refractivity (Wildman–Crippen MR) is 32.5 cm³/mol. The molecule has 0 rings (SSSR count). The van der Waals surface area contributed by atoms with E-state index in [1.165, 1.54) is 0 Å². The zero-order valence-electron chi connectivity index (χ0n) is 2.72. The Hall–Kier alpha value is 1.05. The zero-order valence-corrected chi connectivity index (χ0v) is 5.17. The quantitative estimate of drug-likeness (QED) is 0.474. The molecular formula is C3S3. The molecule has 6 heavy (non-hydrogen) atoms. The van der Waals surface area contributed by atoms with Gasteiger partial charge in [0.15, 0.2) is 0 Å². The summed E-state index contributed by atoms with van der Waals surface area (Å²) in [6, 6.07) is 0. The van der Waals surface area contributed by atoms with E-state index in [-0.39, 0.29) is 62.8 Å². The maximum absolute atomic E-state index is 0. The minimum absolute atomic E-state index is 0. The van der Waals surface area contributed by atoms with Crippen molar-refractivity contribution in [3.05, 3.63) is 22.3 Å². The van der Waals surface area contributed by atoms with Crippen LogP contribution in [0.4, 0.5) is 0 Å². The average molecular weight is 132 g/mol. The van der Waals surface area contributed by atoms with E-state index in [1.807, 2.05) is 0 Å². The maximum Gasteiger partial charge on any atom is 0 e. The Kier molecular flexibility index (Phi) is 5460. The lowest BCUT2D eigenvalue weighted by atomic mass is 12.0. The van der Waals surface area contributed by atoms with Crippen molar-refractivity contribution in [1.82, 2.24) is 0 Å². The van der Waals surface area contributed by atoms with Crippen molar-refractivity contribution in [3.63, 3.8) is 0 Å². The molecule has 0 nitrogen and oxygen atoms in total. The lowest BCUT2D eigenvalue weighted by Gasteiger charge is -0.00100. The van der Waals surface area contributed by atoms with Crippen molar-refractivity contribution in [3.8, 4) is 0 Å². The summed E-state index contributed by atoms with van der Waals surface area (Å²) in [6.45, 7) is 0. The molecule has 0 aromatic rings. The summed E-state index contributed by atoms with van der Waals surface area (Å²) in [7, 11) is 0. The smallest absolute Gasteiger partial charge is 0 e. The number of hydrogen-bond acceptors (Lipinski definition) is 0. The standard InChI is InChI=1S/3C.3S. The van der Waals surface area contributed by atoms with Gasteiger partial charge in [0.2, 0.25) is 0 Å². The summed E-state index contributed by atoms with van der Waals surface area (Å²) in [5, 5.41) is 0. The average Bonchev–Trinajstić information content (AvgIpc) is 0. The van der Waals surface area contributed by atoms with E-state index in [0.717, 1.165) is 0 Å². The van der Waals surface area contributed by atoms with E-state index in [4.69, 9.17) is 0 Å². The molecule has 0 aromatic carbocycles. The predicted octanol–water partition coefficient (Wildman–Crippen LogP) is 2.19. The molecule has 3 heteroatoms. The molecule has 0 aliphatic carbocycles. The van der Waals surface area contributed by atoms with Crippen molar-refractivity contribution in [1.29, 1.82) is 0 Å². The highest BCUT2D eigenvalue weighted by Crippen LogP contribution is 0.650. The summed E-state index contributed by atoms with van der Waals surface area (Å²) in [5.74, 6) is 0. The van der Waals surface area contributed by atoms with E-state index >= 15 is 0 Å². The maximum atomic E-state index is 0. The third kappa shape index (κ3) is 75.1. The summed E-state index contributed by atoms with van der Waals surface area (Å²) >= 11 is 0. The molecule has 0 N–H and O–H groups in total. The van der Waals surface area contributed by atoms with Gasteiger partial charge in [-0.2, -0.15) is 0 Å². The van der Waals surface area contributed by atoms with E-state index in [1.54, 1.807) is 0 Å². The van der Waals surface area contributed by atoms with Crippen LogP contribution in [0, 0.1) is 22.3 Å². The first-order valence-electron chi connectivity index (χ1n) is 0. The molecule has 0 aromatic heterocycles. The molecular weight excluding hydrogens is 132 g/mol. The van der Waals surface area contributed by atoms with Gasteiger partial charge in [-0.3, -0.25) is 0 Å². The van der Waals surface area contributed by atoms with Gasteiger partial charge in [-0.15, -0.1) is 0 Å². The van der Waals surface area contributed by atoms with E-state index in [2.05, 4.69) is 0 Å². The second-order valence-corrected chi connectivity index (χ2v) is 0. The van der Waals surface area contributed by atoms with Gasteiger partial charge in [0.1, 0.15) is 0 Å². The van der Waals surface area contributed by atoms with Crippen LogP contribution in [0.3, 0.4) is 0 Å². The third-order valence-corrected chi connectivity index (χ3v) is 0. The largest absolute Gasteiger partial charge is 0 e. The molecule has 0 heterocycles. The fourth-order valence-electron chi connectivity index (χ4n) is 0. The van der Waals surface area contributed by atoms with Crippen LogP contribution in [0.1, 0.15) is 0 Å². The Bertz CT molecular complexity index is 6.00. The normalized spacial score (nSPS) is 0. The topological polar surface area (TPSA) is 0 Å². The van der Waals surface area contributed by atoms with E-state index in [0.29, 0.717) is 0 Å². The molecule has 0 bridgehead atoms. The molecule has 0 atom stereocenters. The van der Waals surface area contributed by atoms with Crippen molar-refractivity contribution < 1.29 is 0 Å². The fourth-order valence-corrected chi connectivity index (χ4v) is 0. The van der Waals surface area contributed by atoms with E-state index in [9.17, 15) is 0 Å². The van der Waals surface area contributed by atoms with Gasteiger partial charge in [-0.05, 0) is 0 Å². The van der Waals surface area contributed by atoms with Crippen molar-refractivity contribution in [2.45, 2.75) is 0 Å². The Labute approximate surface area is 63.1 Å². The molecule has 0 spiro atoms. The highest BCUT2D eigenvalue weighted by Gasteiger charge is 0.00500. The SMILES string of the molecule is [C].[C].[C].[S].[S].[S]. The molecule has 0 saturated carbocycles. The minimum atomic E-state index is 0. The first kappa shape index (κ1) is 234.